The molecule has 3 aromatic rings. The molecule has 6 nitrogen and oxygen atoms in total. The summed E-state index contributed by atoms with van der Waals surface area (Å²) in [5, 5.41) is 5.98. The third kappa shape index (κ3) is 3.90. The number of hydrazone groups is 1. The van der Waals surface area contributed by atoms with E-state index in [2.05, 4.69) is 15.5 Å². The van der Waals surface area contributed by atoms with E-state index in [4.69, 9.17) is 25.8 Å². The van der Waals surface area contributed by atoms with Crippen molar-refractivity contribution in [3.8, 4) is 17.2 Å². The number of aromatic nitrogens is 1. The summed E-state index contributed by atoms with van der Waals surface area (Å²) in [5.41, 5.74) is 5.61. The van der Waals surface area contributed by atoms with E-state index in [1.807, 2.05) is 37.3 Å². The minimum absolute atomic E-state index is 0.514. The molecular formula is C20H20ClN3O3. The van der Waals surface area contributed by atoms with E-state index < -0.39 is 0 Å². The van der Waals surface area contributed by atoms with E-state index in [1.54, 1.807) is 33.6 Å². The number of rotatable bonds is 6. The molecule has 1 aromatic heterocycles. The molecule has 7 heteroatoms. The van der Waals surface area contributed by atoms with E-state index in [9.17, 15) is 0 Å². The van der Waals surface area contributed by atoms with Gasteiger partial charge < -0.3 is 14.2 Å². The molecule has 0 aliphatic heterocycles. The Bertz CT molecular complexity index is 1010. The van der Waals surface area contributed by atoms with Crippen LogP contribution < -0.4 is 19.6 Å². The molecule has 0 saturated carbocycles. The van der Waals surface area contributed by atoms with E-state index in [1.165, 1.54) is 0 Å². The zero-order chi connectivity index (χ0) is 19.4. The monoisotopic (exact) mass is 385 g/mol. The molecule has 140 valence electrons. The third-order valence-corrected chi connectivity index (χ3v) is 4.33. The fraction of sp³-hybridized carbons (Fsp3) is 0.200. The van der Waals surface area contributed by atoms with Gasteiger partial charge in [-0.25, -0.2) is 4.98 Å². The topological polar surface area (TPSA) is 65.0 Å². The van der Waals surface area contributed by atoms with Crippen LogP contribution in [0.5, 0.6) is 17.2 Å². The molecule has 0 aliphatic rings. The summed E-state index contributed by atoms with van der Waals surface area (Å²) in [7, 11) is 4.71. The van der Waals surface area contributed by atoms with Gasteiger partial charge in [0.2, 0.25) is 5.75 Å². The number of ether oxygens (including phenoxy) is 3. The Morgan fingerprint density at radius 2 is 1.78 bits per heavy atom. The maximum absolute atomic E-state index is 6.06. The maximum atomic E-state index is 6.06. The van der Waals surface area contributed by atoms with Crippen molar-refractivity contribution in [1.29, 1.82) is 0 Å². The summed E-state index contributed by atoms with van der Waals surface area (Å²) in [6.45, 7) is 2.01. The first-order valence-corrected chi connectivity index (χ1v) is 8.60. The Labute approximate surface area is 162 Å². The van der Waals surface area contributed by atoms with Crippen molar-refractivity contribution in [3.05, 3.63) is 52.5 Å². The summed E-state index contributed by atoms with van der Waals surface area (Å²) in [6, 6.07) is 11.2. The van der Waals surface area contributed by atoms with E-state index in [0.717, 1.165) is 22.0 Å². The summed E-state index contributed by atoms with van der Waals surface area (Å²) in [5.74, 6) is 2.28. The van der Waals surface area contributed by atoms with Crippen molar-refractivity contribution in [1.82, 2.24) is 4.98 Å². The number of aryl methyl sites for hydroxylation is 1. The lowest BCUT2D eigenvalue weighted by atomic mass is 10.1. The summed E-state index contributed by atoms with van der Waals surface area (Å²) in [4.78, 5) is 4.55. The van der Waals surface area contributed by atoms with E-state index in [-0.39, 0.29) is 0 Å². The molecule has 0 bridgehead atoms. The molecule has 2 aromatic carbocycles. The van der Waals surface area contributed by atoms with Crippen LogP contribution in [0.2, 0.25) is 5.02 Å². The first-order chi connectivity index (χ1) is 13.1. The molecule has 0 fully saturated rings. The lowest BCUT2D eigenvalue weighted by Crippen LogP contribution is -2.00. The van der Waals surface area contributed by atoms with Gasteiger partial charge in [0.15, 0.2) is 11.5 Å². The average molecular weight is 386 g/mol. The highest BCUT2D eigenvalue weighted by Gasteiger charge is 2.14. The van der Waals surface area contributed by atoms with Gasteiger partial charge in [-0.15, -0.1) is 0 Å². The van der Waals surface area contributed by atoms with Crippen LogP contribution in [0.25, 0.3) is 10.9 Å². The lowest BCUT2D eigenvalue weighted by Gasteiger charge is -2.13. The first-order valence-electron chi connectivity index (χ1n) is 8.22. The van der Waals surface area contributed by atoms with Gasteiger partial charge in [-0.3, -0.25) is 5.43 Å². The van der Waals surface area contributed by atoms with Crippen LogP contribution in [-0.2, 0) is 0 Å². The Morgan fingerprint density at radius 3 is 2.48 bits per heavy atom. The second-order valence-corrected chi connectivity index (χ2v) is 6.22. The number of methoxy groups -OCH3 is 3. The molecule has 3 rings (SSSR count). The smallest absolute Gasteiger partial charge is 0.203 e. The normalized spacial score (nSPS) is 11.0. The number of benzene rings is 2. The van der Waals surface area contributed by atoms with Gasteiger partial charge in [-0.2, -0.15) is 5.10 Å². The quantitative estimate of drug-likeness (QED) is 0.493. The number of halogens is 1. The highest BCUT2D eigenvalue weighted by molar-refractivity contribution is 6.31. The number of hydrogen-bond acceptors (Lipinski definition) is 6. The van der Waals surface area contributed by atoms with Gasteiger partial charge in [0.25, 0.3) is 0 Å². The molecule has 0 spiro atoms. The Balaban J connectivity index is 1.88. The van der Waals surface area contributed by atoms with Crippen LogP contribution in [0.3, 0.4) is 0 Å². The SMILES string of the molecule is COc1ccc(C=NNc2cc(C)c3cc(Cl)ccc3n2)c(OC)c1OC. The van der Waals surface area contributed by atoms with Crippen molar-refractivity contribution >= 4 is 34.5 Å². The summed E-state index contributed by atoms with van der Waals surface area (Å²) in [6.07, 6.45) is 1.64. The predicted octanol–water partition coefficient (Wildman–Crippen LogP) is 4.67. The number of fused-ring (bicyclic) bond motifs is 1. The molecule has 0 radical (unpaired) electrons. The van der Waals surface area contributed by atoms with Gasteiger partial charge in [0.1, 0.15) is 5.82 Å². The number of nitrogens with zero attached hydrogens (tertiary/aromatic N) is 2. The van der Waals surface area contributed by atoms with Crippen molar-refractivity contribution in [3.63, 3.8) is 0 Å². The Morgan fingerprint density at radius 1 is 1.00 bits per heavy atom. The van der Waals surface area contributed by atoms with Gasteiger partial charge in [-0.1, -0.05) is 11.6 Å². The second kappa shape index (κ2) is 8.14. The van der Waals surface area contributed by atoms with Crippen molar-refractivity contribution in [2.45, 2.75) is 6.92 Å². The fourth-order valence-corrected chi connectivity index (χ4v) is 2.99. The molecule has 0 atom stereocenters. The van der Waals surface area contributed by atoms with Crippen LogP contribution in [0.1, 0.15) is 11.1 Å². The molecule has 27 heavy (non-hydrogen) atoms. The number of hydrogen-bond donors (Lipinski definition) is 1. The van der Waals surface area contributed by atoms with Gasteiger partial charge in [0.05, 0.1) is 33.1 Å². The van der Waals surface area contributed by atoms with Gasteiger partial charge >= 0.3 is 0 Å². The van der Waals surface area contributed by atoms with Crippen LogP contribution >= 0.6 is 11.6 Å². The fourth-order valence-electron chi connectivity index (χ4n) is 2.82. The number of pyridine rings is 1. The third-order valence-electron chi connectivity index (χ3n) is 4.09. The van der Waals surface area contributed by atoms with Crippen molar-refractivity contribution < 1.29 is 14.2 Å². The highest BCUT2D eigenvalue weighted by Crippen LogP contribution is 2.39. The Kier molecular flexibility index (Phi) is 5.66. The average Bonchev–Trinajstić information content (AvgIpc) is 2.68. The van der Waals surface area contributed by atoms with Crippen LogP contribution in [0.15, 0.2) is 41.5 Å². The minimum Gasteiger partial charge on any atom is -0.493 e. The van der Waals surface area contributed by atoms with E-state index >= 15 is 0 Å². The minimum atomic E-state index is 0.514. The largest absolute Gasteiger partial charge is 0.493 e. The maximum Gasteiger partial charge on any atom is 0.203 e. The molecule has 0 unspecified atom stereocenters. The van der Waals surface area contributed by atoms with Gasteiger partial charge in [-0.05, 0) is 48.9 Å². The molecule has 1 heterocycles. The molecule has 1 N–H and O–H groups in total. The summed E-state index contributed by atoms with van der Waals surface area (Å²) < 4.78 is 16.1. The molecular weight excluding hydrogens is 366 g/mol. The van der Waals surface area contributed by atoms with Crippen LogP contribution in [0, 0.1) is 6.92 Å². The van der Waals surface area contributed by atoms with Crippen LogP contribution in [0.4, 0.5) is 5.82 Å². The van der Waals surface area contributed by atoms with Crippen LogP contribution in [-0.4, -0.2) is 32.5 Å². The zero-order valence-corrected chi connectivity index (χ0v) is 16.3. The first kappa shape index (κ1) is 18.8. The van der Waals surface area contributed by atoms with E-state index in [0.29, 0.717) is 28.1 Å². The molecule has 0 amide bonds. The Hall–Kier alpha value is -2.99. The number of anilines is 1. The predicted molar refractivity (Wildman–Crippen MR) is 109 cm³/mol. The number of nitrogens with one attached hydrogen (secondary N) is 1. The highest BCUT2D eigenvalue weighted by atomic mass is 35.5. The van der Waals surface area contributed by atoms with Crippen molar-refractivity contribution in [2.75, 3.05) is 26.8 Å². The zero-order valence-electron chi connectivity index (χ0n) is 15.5. The standard InChI is InChI=1S/C20H20ClN3O3/c1-12-9-18(23-16-7-6-14(21)10-15(12)16)24-22-11-13-5-8-17(25-2)20(27-4)19(13)26-3/h5-11H,1-4H3,(H,23,24). The second-order valence-electron chi connectivity index (χ2n) is 5.78. The molecule has 0 saturated heterocycles. The van der Waals surface area contributed by atoms with Crippen molar-refractivity contribution in [2.24, 2.45) is 5.10 Å². The molecule has 0 aliphatic carbocycles. The lowest BCUT2D eigenvalue weighted by molar-refractivity contribution is 0.324. The summed E-state index contributed by atoms with van der Waals surface area (Å²) >= 11 is 6.06. The van der Waals surface area contributed by atoms with Gasteiger partial charge in [0, 0.05) is 16.0 Å².